The molecule has 33 heavy (non-hydrogen) atoms. The summed E-state index contributed by atoms with van der Waals surface area (Å²) in [5.74, 6) is -1.14. The maximum Gasteiger partial charge on any atom is 0.576 e. The summed E-state index contributed by atoms with van der Waals surface area (Å²) in [7, 11) is -0.323. The first-order chi connectivity index (χ1) is 15.9. The first-order valence-electron chi connectivity index (χ1n) is 10.6. The Morgan fingerprint density at radius 3 is 1.58 bits per heavy atom. The minimum atomic E-state index is -0.742. The molecule has 0 aliphatic heterocycles. The molecule has 2 rings (SSSR count). The van der Waals surface area contributed by atoms with Crippen molar-refractivity contribution in [3.05, 3.63) is 48.0 Å². The molecule has 2 amide bonds. The minimum absolute atomic E-state index is 0.0526. The molecule has 11 heteroatoms. The van der Waals surface area contributed by atoms with Gasteiger partial charge in [-0.15, -0.1) is 0 Å². The summed E-state index contributed by atoms with van der Waals surface area (Å²) < 4.78 is 48.8. The molecular weight excluding hydrogens is 437 g/mol. The van der Waals surface area contributed by atoms with Crippen LogP contribution in [0, 0.1) is 11.6 Å². The fourth-order valence-electron chi connectivity index (χ4n) is 2.45. The summed E-state index contributed by atoms with van der Waals surface area (Å²) in [5, 5.41) is 4.63. The second-order valence-corrected chi connectivity index (χ2v) is 6.92. The molecule has 0 spiro atoms. The van der Waals surface area contributed by atoms with E-state index in [-0.39, 0.29) is 43.8 Å². The quantitative estimate of drug-likeness (QED) is 0.323. The Bertz CT molecular complexity index is 858. The number of anilines is 2. The highest BCUT2D eigenvalue weighted by Crippen LogP contribution is 2.23. The van der Waals surface area contributed by atoms with Crippen LogP contribution in [-0.2, 0) is 9.47 Å². The fraction of sp³-hybridized carbons (Fsp3) is 0.364. The predicted octanol–water partition coefficient (Wildman–Crippen LogP) is 5.39. The third kappa shape index (κ3) is 9.26. The van der Waals surface area contributed by atoms with Crippen molar-refractivity contribution in [1.82, 2.24) is 0 Å². The van der Waals surface area contributed by atoms with Crippen molar-refractivity contribution in [3.8, 4) is 11.5 Å². The number of benzene rings is 2. The topological polar surface area (TPSA) is 95.1 Å². The summed E-state index contributed by atoms with van der Waals surface area (Å²) in [6.45, 7) is 4.42. The van der Waals surface area contributed by atoms with Gasteiger partial charge in [-0.2, -0.15) is 0 Å². The third-order valence-electron chi connectivity index (χ3n) is 4.27. The second kappa shape index (κ2) is 13.8. The van der Waals surface area contributed by atoms with E-state index in [1.807, 2.05) is 13.8 Å². The molecule has 0 saturated heterocycles. The lowest BCUT2D eigenvalue weighted by Crippen LogP contribution is -2.16. The number of carbonyl (C=O) groups excluding carboxylic acids is 2. The summed E-state index contributed by atoms with van der Waals surface area (Å²) in [5.41, 5.74) is -0.105. The number of rotatable bonds is 12. The number of ether oxygens (including phenoxy) is 2. The summed E-state index contributed by atoms with van der Waals surface area (Å²) in [6.07, 6.45) is 1.70. The molecule has 0 saturated carbocycles. The van der Waals surface area contributed by atoms with Gasteiger partial charge >= 0.3 is 19.9 Å². The van der Waals surface area contributed by atoms with Crippen LogP contribution in [-0.4, -0.2) is 33.1 Å². The van der Waals surface area contributed by atoms with E-state index >= 15 is 0 Å². The van der Waals surface area contributed by atoms with Gasteiger partial charge in [-0.1, -0.05) is 26.7 Å². The SMILES string of the molecule is CCCCOC(=O)Nc1ccc(OBOc2ccc(NC(=O)OCCCC)c(F)c2)cc1F. The van der Waals surface area contributed by atoms with E-state index in [2.05, 4.69) is 10.6 Å². The highest BCUT2D eigenvalue weighted by molar-refractivity contribution is 6.20. The largest absolute Gasteiger partial charge is 0.576 e. The van der Waals surface area contributed by atoms with E-state index in [1.165, 1.54) is 24.3 Å². The monoisotopic (exact) mass is 464 g/mol. The van der Waals surface area contributed by atoms with Crippen LogP contribution in [0.1, 0.15) is 39.5 Å². The van der Waals surface area contributed by atoms with Gasteiger partial charge in [-0.25, -0.2) is 18.4 Å². The van der Waals surface area contributed by atoms with Crippen molar-refractivity contribution in [1.29, 1.82) is 0 Å². The minimum Gasteiger partial charge on any atom is -0.528 e. The molecule has 0 radical (unpaired) electrons. The van der Waals surface area contributed by atoms with E-state index in [1.54, 1.807) is 0 Å². The Balaban J connectivity index is 1.81. The first kappa shape index (κ1) is 25.8. The summed E-state index contributed by atoms with van der Waals surface area (Å²) >= 11 is 0. The van der Waals surface area contributed by atoms with Gasteiger partial charge in [0.25, 0.3) is 0 Å². The molecule has 0 fully saturated rings. The van der Waals surface area contributed by atoms with Crippen molar-refractivity contribution >= 4 is 31.2 Å². The van der Waals surface area contributed by atoms with E-state index in [0.717, 1.165) is 37.8 Å². The molecular formula is C22H27BF2N2O6. The smallest absolute Gasteiger partial charge is 0.528 e. The lowest BCUT2D eigenvalue weighted by molar-refractivity contribution is 0.159. The van der Waals surface area contributed by atoms with Gasteiger partial charge in [0.15, 0.2) is 0 Å². The van der Waals surface area contributed by atoms with Crippen molar-refractivity contribution < 1.29 is 37.2 Å². The maximum absolute atomic E-state index is 14.2. The van der Waals surface area contributed by atoms with Gasteiger partial charge in [0, 0.05) is 12.1 Å². The van der Waals surface area contributed by atoms with Crippen LogP contribution < -0.4 is 19.9 Å². The van der Waals surface area contributed by atoms with Crippen molar-refractivity contribution in [2.45, 2.75) is 39.5 Å². The van der Waals surface area contributed by atoms with Crippen molar-refractivity contribution in [3.63, 3.8) is 0 Å². The molecule has 0 unspecified atom stereocenters. The highest BCUT2D eigenvalue weighted by Gasteiger charge is 2.12. The van der Waals surface area contributed by atoms with Gasteiger partial charge in [0.05, 0.1) is 24.6 Å². The highest BCUT2D eigenvalue weighted by atomic mass is 19.1. The number of amides is 2. The normalized spacial score (nSPS) is 10.2. The molecule has 0 heterocycles. The Labute approximate surface area is 191 Å². The molecule has 0 aliphatic carbocycles. The average molecular weight is 464 g/mol. The zero-order valence-electron chi connectivity index (χ0n) is 18.6. The van der Waals surface area contributed by atoms with Crippen LogP contribution in [0.15, 0.2) is 36.4 Å². The number of carbonyl (C=O) groups is 2. The zero-order valence-corrected chi connectivity index (χ0v) is 18.6. The van der Waals surface area contributed by atoms with E-state index in [9.17, 15) is 18.4 Å². The van der Waals surface area contributed by atoms with Crippen molar-refractivity contribution in [2.75, 3.05) is 23.8 Å². The van der Waals surface area contributed by atoms with Crippen LogP contribution >= 0.6 is 0 Å². The van der Waals surface area contributed by atoms with E-state index in [4.69, 9.17) is 18.8 Å². The van der Waals surface area contributed by atoms with Crippen LogP contribution in [0.2, 0.25) is 0 Å². The molecule has 0 bridgehead atoms. The van der Waals surface area contributed by atoms with Crippen LogP contribution in [0.5, 0.6) is 11.5 Å². The number of hydrogen-bond donors (Lipinski definition) is 2. The Morgan fingerprint density at radius 1 is 0.788 bits per heavy atom. The van der Waals surface area contributed by atoms with Crippen LogP contribution in [0.4, 0.5) is 29.7 Å². The van der Waals surface area contributed by atoms with Crippen molar-refractivity contribution in [2.24, 2.45) is 0 Å². The standard InChI is InChI=1S/C22H27BF2N2O6/c1-3-5-11-30-21(28)26-19-9-7-15(13-17(19)24)32-23-33-16-8-10-20(18(25)14-16)27-22(29)31-12-6-4-2/h7-10,13-14,23H,3-6,11-12H2,1-2H3,(H,26,28)(H,27,29). The summed E-state index contributed by atoms with van der Waals surface area (Å²) in [6, 6.07) is 7.67. The van der Waals surface area contributed by atoms with Gasteiger partial charge in [-0.3, -0.25) is 10.6 Å². The average Bonchev–Trinajstić information content (AvgIpc) is 2.78. The molecule has 8 nitrogen and oxygen atoms in total. The molecule has 0 aliphatic rings. The third-order valence-corrected chi connectivity index (χ3v) is 4.27. The van der Waals surface area contributed by atoms with Gasteiger partial charge in [0.1, 0.15) is 23.1 Å². The van der Waals surface area contributed by atoms with E-state index < -0.39 is 23.8 Å². The van der Waals surface area contributed by atoms with E-state index in [0.29, 0.717) is 0 Å². The van der Waals surface area contributed by atoms with Gasteiger partial charge in [0.2, 0.25) is 0 Å². The lowest BCUT2D eigenvalue weighted by Gasteiger charge is -2.11. The Morgan fingerprint density at radius 2 is 1.21 bits per heavy atom. The first-order valence-corrected chi connectivity index (χ1v) is 10.6. The number of halogens is 2. The number of unbranched alkanes of at least 4 members (excludes halogenated alkanes) is 2. The van der Waals surface area contributed by atoms with Gasteiger partial charge < -0.3 is 18.8 Å². The van der Waals surface area contributed by atoms with Gasteiger partial charge in [-0.05, 0) is 37.1 Å². The number of nitrogens with one attached hydrogen (secondary N) is 2. The Kier molecular flexibility index (Phi) is 10.8. The molecule has 0 atom stereocenters. The Hall–Kier alpha value is -3.50. The predicted molar refractivity (Wildman–Crippen MR) is 121 cm³/mol. The molecule has 2 N–H and O–H groups in total. The second-order valence-electron chi connectivity index (χ2n) is 6.92. The zero-order chi connectivity index (χ0) is 24.1. The van der Waals surface area contributed by atoms with Crippen LogP contribution in [0.3, 0.4) is 0 Å². The van der Waals surface area contributed by atoms with Crippen LogP contribution in [0.25, 0.3) is 0 Å². The molecule has 2 aromatic carbocycles. The summed E-state index contributed by atoms with van der Waals surface area (Å²) in [4.78, 5) is 23.2. The molecule has 0 aromatic heterocycles. The maximum atomic E-state index is 14.2. The molecule has 2 aromatic rings. The molecule has 178 valence electrons. The number of hydrogen-bond acceptors (Lipinski definition) is 6. The fourth-order valence-corrected chi connectivity index (χ4v) is 2.45. The lowest BCUT2D eigenvalue weighted by atomic mass is 10.2.